The molecule has 0 atom stereocenters. The molecule has 0 amide bonds. The Bertz CT molecular complexity index is 501. The zero-order valence-electron chi connectivity index (χ0n) is 11.3. The molecular formula is C15H19ClN2O2. The molecule has 4 nitrogen and oxygen atoms in total. The van der Waals surface area contributed by atoms with Crippen LogP contribution in [0, 0.1) is 27.9 Å². The molecule has 1 aromatic carbocycles. The maximum atomic E-state index is 10.7. The molecule has 0 aliphatic heterocycles. The Labute approximate surface area is 123 Å². The van der Waals surface area contributed by atoms with Gasteiger partial charge in [0.25, 0.3) is 5.69 Å². The minimum atomic E-state index is -0.417. The molecule has 2 fully saturated rings. The van der Waals surface area contributed by atoms with Crippen molar-refractivity contribution in [3.8, 4) is 0 Å². The zero-order valence-corrected chi connectivity index (χ0v) is 12.1. The summed E-state index contributed by atoms with van der Waals surface area (Å²) in [5.74, 6) is 2.69. The fraction of sp³-hybridized carbons (Fsp3) is 0.600. The van der Waals surface area contributed by atoms with E-state index < -0.39 is 4.92 Å². The van der Waals surface area contributed by atoms with Gasteiger partial charge in [0.05, 0.1) is 9.95 Å². The monoisotopic (exact) mass is 294 g/mol. The number of nitro benzene ring substituents is 1. The summed E-state index contributed by atoms with van der Waals surface area (Å²) in [6, 6.07) is 4.69. The summed E-state index contributed by atoms with van der Waals surface area (Å²) in [4.78, 5) is 10.2. The third-order valence-corrected chi connectivity index (χ3v) is 4.75. The van der Waals surface area contributed by atoms with Crippen molar-refractivity contribution in [2.45, 2.75) is 32.2 Å². The summed E-state index contributed by atoms with van der Waals surface area (Å²) in [6.07, 6.45) is 5.56. The third kappa shape index (κ3) is 3.30. The van der Waals surface area contributed by atoms with Crippen LogP contribution >= 0.6 is 11.6 Å². The minimum Gasteiger partial charge on any atom is -0.312 e. The number of nitro groups is 1. The van der Waals surface area contributed by atoms with Gasteiger partial charge in [0.2, 0.25) is 0 Å². The molecule has 108 valence electrons. The van der Waals surface area contributed by atoms with E-state index >= 15 is 0 Å². The lowest BCUT2D eigenvalue weighted by Gasteiger charge is -2.16. The zero-order chi connectivity index (χ0) is 14.1. The van der Waals surface area contributed by atoms with Crippen molar-refractivity contribution in [2.75, 3.05) is 6.54 Å². The second kappa shape index (κ2) is 5.70. The number of hydrogen-bond acceptors (Lipinski definition) is 3. The molecule has 2 saturated carbocycles. The lowest BCUT2D eigenvalue weighted by molar-refractivity contribution is -0.384. The molecule has 2 aliphatic carbocycles. The van der Waals surface area contributed by atoms with Crippen LogP contribution in [0.4, 0.5) is 5.69 Å². The van der Waals surface area contributed by atoms with Crippen LogP contribution in [0.3, 0.4) is 0 Å². The number of non-ortho nitro benzene ring substituents is 1. The molecule has 0 unspecified atom stereocenters. The molecule has 0 bridgehead atoms. The quantitative estimate of drug-likeness (QED) is 0.615. The summed E-state index contributed by atoms with van der Waals surface area (Å²) in [5.41, 5.74) is 0.982. The second-order valence-electron chi connectivity index (χ2n) is 6.00. The molecule has 20 heavy (non-hydrogen) atoms. The summed E-state index contributed by atoms with van der Waals surface area (Å²) in [5, 5.41) is 14.6. The Kier molecular flexibility index (Phi) is 3.94. The molecule has 1 aromatic rings. The molecule has 0 spiro atoms. The van der Waals surface area contributed by atoms with Crippen LogP contribution in [0.25, 0.3) is 0 Å². The molecule has 1 N–H and O–H groups in total. The lowest BCUT2D eigenvalue weighted by Crippen LogP contribution is -2.25. The maximum absolute atomic E-state index is 10.7. The van der Waals surface area contributed by atoms with Gasteiger partial charge in [-0.2, -0.15) is 0 Å². The lowest BCUT2D eigenvalue weighted by atomic mass is 9.98. The van der Waals surface area contributed by atoms with Crippen molar-refractivity contribution >= 4 is 17.3 Å². The summed E-state index contributed by atoms with van der Waals surface area (Å²) >= 11 is 6.09. The van der Waals surface area contributed by atoms with E-state index in [9.17, 15) is 10.1 Å². The van der Waals surface area contributed by atoms with Gasteiger partial charge in [0.1, 0.15) is 0 Å². The molecular weight excluding hydrogens is 276 g/mol. The number of nitrogens with zero attached hydrogens (tertiary/aromatic N) is 1. The van der Waals surface area contributed by atoms with E-state index in [4.69, 9.17) is 11.6 Å². The van der Waals surface area contributed by atoms with Crippen LogP contribution in [0.5, 0.6) is 0 Å². The van der Waals surface area contributed by atoms with Crippen LogP contribution in [-0.4, -0.2) is 11.5 Å². The van der Waals surface area contributed by atoms with Gasteiger partial charge in [-0.1, -0.05) is 11.6 Å². The Morgan fingerprint density at radius 2 is 1.95 bits per heavy atom. The molecule has 0 radical (unpaired) electrons. The van der Waals surface area contributed by atoms with E-state index in [1.807, 2.05) is 0 Å². The van der Waals surface area contributed by atoms with Crippen molar-refractivity contribution in [3.63, 3.8) is 0 Å². The smallest absolute Gasteiger partial charge is 0.270 e. The molecule has 5 heteroatoms. The maximum Gasteiger partial charge on any atom is 0.270 e. The van der Waals surface area contributed by atoms with Crippen molar-refractivity contribution in [2.24, 2.45) is 17.8 Å². The summed E-state index contributed by atoms with van der Waals surface area (Å²) in [6.45, 7) is 1.73. The topological polar surface area (TPSA) is 55.2 Å². The Morgan fingerprint density at radius 1 is 1.30 bits per heavy atom. The van der Waals surface area contributed by atoms with Crippen molar-refractivity contribution < 1.29 is 4.92 Å². The minimum absolute atomic E-state index is 0.0487. The summed E-state index contributed by atoms with van der Waals surface area (Å²) < 4.78 is 0. The summed E-state index contributed by atoms with van der Waals surface area (Å²) in [7, 11) is 0. The van der Waals surface area contributed by atoms with Crippen LogP contribution in [0.1, 0.15) is 31.2 Å². The first-order chi connectivity index (χ1) is 9.65. The Hall–Kier alpha value is -1.13. The van der Waals surface area contributed by atoms with Crippen LogP contribution < -0.4 is 5.32 Å². The van der Waals surface area contributed by atoms with Crippen molar-refractivity contribution in [3.05, 3.63) is 38.9 Å². The number of benzene rings is 1. The molecule has 3 rings (SSSR count). The van der Waals surface area contributed by atoms with E-state index in [1.54, 1.807) is 6.07 Å². The number of hydrogen-bond donors (Lipinski definition) is 1. The fourth-order valence-corrected chi connectivity index (χ4v) is 3.18. The van der Waals surface area contributed by atoms with Crippen LogP contribution in [0.15, 0.2) is 18.2 Å². The average Bonchev–Trinajstić information content (AvgIpc) is 3.27. The van der Waals surface area contributed by atoms with Gasteiger partial charge in [0, 0.05) is 18.7 Å². The highest BCUT2D eigenvalue weighted by Crippen LogP contribution is 2.48. The van der Waals surface area contributed by atoms with Crippen LogP contribution in [-0.2, 0) is 6.54 Å². The first-order valence-electron chi connectivity index (χ1n) is 7.28. The molecule has 0 heterocycles. The van der Waals surface area contributed by atoms with E-state index in [-0.39, 0.29) is 5.69 Å². The number of rotatable bonds is 7. The first kappa shape index (κ1) is 13.8. The van der Waals surface area contributed by atoms with Crippen molar-refractivity contribution in [1.82, 2.24) is 5.32 Å². The van der Waals surface area contributed by atoms with Gasteiger partial charge in [0.15, 0.2) is 0 Å². The van der Waals surface area contributed by atoms with Gasteiger partial charge in [-0.25, -0.2) is 0 Å². The van der Waals surface area contributed by atoms with E-state index in [0.717, 1.165) is 29.9 Å². The standard InChI is InChI=1S/C15H19ClN2O2/c16-15-7-13(18(19)20)6-5-12(15)8-17-9-14(10-1-2-10)11-3-4-11/h5-7,10-11,14,17H,1-4,8-9H2. The third-order valence-electron chi connectivity index (χ3n) is 4.40. The first-order valence-corrected chi connectivity index (χ1v) is 7.66. The normalized spacial score (nSPS) is 18.5. The fourth-order valence-electron chi connectivity index (χ4n) is 2.93. The predicted octanol–water partition coefficient (Wildman–Crippen LogP) is 3.77. The molecule has 0 aromatic heterocycles. The van der Waals surface area contributed by atoms with E-state index in [2.05, 4.69) is 5.32 Å². The Balaban J connectivity index is 1.53. The molecule has 0 saturated heterocycles. The van der Waals surface area contributed by atoms with Gasteiger partial charge < -0.3 is 5.32 Å². The average molecular weight is 295 g/mol. The van der Waals surface area contributed by atoms with Gasteiger partial charge in [-0.15, -0.1) is 0 Å². The number of halogens is 1. The second-order valence-corrected chi connectivity index (χ2v) is 6.41. The predicted molar refractivity (Wildman–Crippen MR) is 78.8 cm³/mol. The largest absolute Gasteiger partial charge is 0.312 e. The van der Waals surface area contributed by atoms with Crippen molar-refractivity contribution in [1.29, 1.82) is 0 Å². The highest BCUT2D eigenvalue weighted by atomic mass is 35.5. The SMILES string of the molecule is O=[N+]([O-])c1ccc(CNCC(C2CC2)C2CC2)c(Cl)c1. The molecule has 2 aliphatic rings. The highest BCUT2D eigenvalue weighted by molar-refractivity contribution is 6.31. The van der Waals surface area contributed by atoms with Gasteiger partial charge in [-0.3, -0.25) is 10.1 Å². The van der Waals surface area contributed by atoms with E-state index in [0.29, 0.717) is 11.6 Å². The van der Waals surface area contributed by atoms with E-state index in [1.165, 1.54) is 37.8 Å². The van der Waals surface area contributed by atoms with Crippen LogP contribution in [0.2, 0.25) is 5.02 Å². The van der Waals surface area contributed by atoms with Gasteiger partial charge >= 0.3 is 0 Å². The highest BCUT2D eigenvalue weighted by Gasteiger charge is 2.40. The number of nitrogens with one attached hydrogen (secondary N) is 1. The Morgan fingerprint density at radius 3 is 2.45 bits per heavy atom. The van der Waals surface area contributed by atoms with Gasteiger partial charge in [-0.05, 0) is 61.6 Å².